The molecule has 1 N–H and O–H groups in total. The summed E-state index contributed by atoms with van der Waals surface area (Å²) in [5.74, 6) is -1.49. The van der Waals surface area contributed by atoms with E-state index >= 15 is 0 Å². The van der Waals surface area contributed by atoms with Crippen molar-refractivity contribution in [2.45, 2.75) is 20.8 Å². The number of carboxylic acids is 1. The highest BCUT2D eigenvalue weighted by atomic mass is 32.1. The molecule has 5 nitrogen and oxygen atoms in total. The molecule has 1 amide bonds. The molecular formula is C11H12N2O3S. The smallest absolute Gasteiger partial charge is 0.323 e. The summed E-state index contributed by atoms with van der Waals surface area (Å²) in [6.07, 6.45) is 0. The van der Waals surface area contributed by atoms with Crippen molar-refractivity contribution < 1.29 is 14.7 Å². The second-order valence-electron chi connectivity index (χ2n) is 3.57. The Balaban J connectivity index is 3.29. The lowest BCUT2D eigenvalue weighted by Crippen LogP contribution is -2.33. The van der Waals surface area contributed by atoms with Gasteiger partial charge in [0.2, 0.25) is 5.91 Å². The second kappa shape index (κ2) is 4.97. The fraction of sp³-hybridized carbons (Fsp3) is 0.364. The zero-order valence-electron chi connectivity index (χ0n) is 9.77. The first-order chi connectivity index (χ1) is 7.88. The highest BCUT2D eigenvalue weighted by molar-refractivity contribution is 7.16. The van der Waals surface area contributed by atoms with Crippen LogP contribution in [0.4, 0.5) is 5.00 Å². The molecule has 0 aliphatic rings. The molecule has 1 heterocycles. The molecule has 0 saturated heterocycles. The van der Waals surface area contributed by atoms with Crippen LogP contribution in [0.2, 0.25) is 0 Å². The summed E-state index contributed by atoms with van der Waals surface area (Å²) in [5.41, 5.74) is 1.17. The Morgan fingerprint density at radius 1 is 1.47 bits per heavy atom. The van der Waals surface area contributed by atoms with E-state index in [9.17, 15) is 9.59 Å². The molecule has 0 radical (unpaired) electrons. The molecule has 17 heavy (non-hydrogen) atoms. The van der Waals surface area contributed by atoms with Gasteiger partial charge in [-0.15, -0.1) is 11.3 Å². The Bertz CT molecular complexity index is 514. The van der Waals surface area contributed by atoms with E-state index in [4.69, 9.17) is 10.4 Å². The number of nitriles is 1. The summed E-state index contributed by atoms with van der Waals surface area (Å²) in [6, 6.07) is 2.02. The van der Waals surface area contributed by atoms with Crippen LogP contribution in [-0.2, 0) is 9.59 Å². The SMILES string of the molecule is CC(=O)N(CC(=O)O)c1sc(C)c(C)c1C#N. The highest BCUT2D eigenvalue weighted by Crippen LogP contribution is 2.34. The van der Waals surface area contributed by atoms with Gasteiger partial charge in [0, 0.05) is 11.8 Å². The van der Waals surface area contributed by atoms with E-state index in [-0.39, 0.29) is 5.91 Å². The number of aryl methyl sites for hydroxylation is 1. The molecule has 0 fully saturated rings. The Morgan fingerprint density at radius 3 is 2.47 bits per heavy atom. The van der Waals surface area contributed by atoms with Crippen molar-refractivity contribution in [1.82, 2.24) is 0 Å². The monoisotopic (exact) mass is 252 g/mol. The Labute approximate surface area is 103 Å². The van der Waals surface area contributed by atoms with E-state index in [2.05, 4.69) is 0 Å². The van der Waals surface area contributed by atoms with Crippen molar-refractivity contribution in [3.05, 3.63) is 16.0 Å². The van der Waals surface area contributed by atoms with E-state index < -0.39 is 12.5 Å². The van der Waals surface area contributed by atoms with E-state index in [1.807, 2.05) is 13.0 Å². The first-order valence-corrected chi connectivity index (χ1v) is 5.70. The summed E-state index contributed by atoms with van der Waals surface area (Å²) in [6.45, 7) is 4.48. The van der Waals surface area contributed by atoms with Crippen LogP contribution in [0.5, 0.6) is 0 Å². The topological polar surface area (TPSA) is 81.4 Å². The number of carbonyl (C=O) groups excluding carboxylic acids is 1. The van der Waals surface area contributed by atoms with Crippen molar-refractivity contribution in [3.8, 4) is 6.07 Å². The first-order valence-electron chi connectivity index (χ1n) is 4.88. The van der Waals surface area contributed by atoms with Crippen LogP contribution >= 0.6 is 11.3 Å². The molecule has 0 unspecified atom stereocenters. The number of carbonyl (C=O) groups is 2. The average Bonchev–Trinajstić information content (AvgIpc) is 2.51. The van der Waals surface area contributed by atoms with Crippen molar-refractivity contribution in [2.24, 2.45) is 0 Å². The van der Waals surface area contributed by atoms with Crippen molar-refractivity contribution in [1.29, 1.82) is 5.26 Å². The minimum absolute atomic E-state index is 0.379. The molecule has 90 valence electrons. The van der Waals surface area contributed by atoms with Gasteiger partial charge in [-0.3, -0.25) is 14.5 Å². The third-order valence-corrected chi connectivity index (χ3v) is 3.63. The van der Waals surface area contributed by atoms with Gasteiger partial charge < -0.3 is 5.11 Å². The predicted molar refractivity (Wildman–Crippen MR) is 64.2 cm³/mol. The summed E-state index contributed by atoms with van der Waals surface area (Å²) < 4.78 is 0. The maximum atomic E-state index is 11.4. The molecule has 0 aromatic carbocycles. The Morgan fingerprint density at radius 2 is 2.06 bits per heavy atom. The van der Waals surface area contributed by atoms with Crippen LogP contribution in [0.25, 0.3) is 0 Å². The fourth-order valence-electron chi connectivity index (χ4n) is 1.39. The van der Waals surface area contributed by atoms with Gasteiger partial charge in [0.25, 0.3) is 0 Å². The lowest BCUT2D eigenvalue weighted by atomic mass is 10.2. The number of hydrogen-bond donors (Lipinski definition) is 1. The Hall–Kier alpha value is -1.87. The average molecular weight is 252 g/mol. The molecular weight excluding hydrogens is 240 g/mol. The summed E-state index contributed by atoms with van der Waals surface area (Å²) in [7, 11) is 0. The zero-order valence-corrected chi connectivity index (χ0v) is 10.6. The van der Waals surface area contributed by atoms with Gasteiger partial charge in [0.15, 0.2) is 0 Å². The summed E-state index contributed by atoms with van der Waals surface area (Å²) >= 11 is 1.26. The third-order valence-electron chi connectivity index (χ3n) is 2.40. The van der Waals surface area contributed by atoms with E-state index in [1.165, 1.54) is 18.3 Å². The normalized spacial score (nSPS) is 9.76. The number of nitrogens with zero attached hydrogens (tertiary/aromatic N) is 2. The largest absolute Gasteiger partial charge is 0.480 e. The third kappa shape index (κ3) is 2.63. The molecule has 0 saturated carbocycles. The van der Waals surface area contributed by atoms with Gasteiger partial charge >= 0.3 is 5.97 Å². The van der Waals surface area contributed by atoms with Gasteiger partial charge in [0.1, 0.15) is 17.6 Å². The number of anilines is 1. The number of hydrogen-bond acceptors (Lipinski definition) is 4. The van der Waals surface area contributed by atoms with Crippen LogP contribution in [0.15, 0.2) is 0 Å². The summed E-state index contributed by atoms with van der Waals surface area (Å²) in [4.78, 5) is 24.2. The van der Waals surface area contributed by atoms with Crippen molar-refractivity contribution >= 4 is 28.2 Å². The molecule has 6 heteroatoms. The van der Waals surface area contributed by atoms with Crippen molar-refractivity contribution in [3.63, 3.8) is 0 Å². The standard InChI is InChI=1S/C11H12N2O3S/c1-6-7(2)17-11(9(6)4-12)13(8(3)14)5-10(15)16/h5H2,1-3H3,(H,15,16). The number of thiophene rings is 1. The van der Waals surface area contributed by atoms with Gasteiger partial charge in [-0.25, -0.2) is 0 Å². The first kappa shape index (κ1) is 13.2. The minimum atomic E-state index is -1.10. The molecule has 0 aliphatic heterocycles. The van der Waals surface area contributed by atoms with E-state index in [1.54, 1.807) is 6.92 Å². The zero-order chi connectivity index (χ0) is 13.2. The molecule has 0 spiro atoms. The molecule has 0 atom stereocenters. The number of amides is 1. The molecule has 1 aromatic rings. The van der Waals surface area contributed by atoms with Crippen molar-refractivity contribution in [2.75, 3.05) is 11.4 Å². The fourth-order valence-corrected chi connectivity index (χ4v) is 2.54. The summed E-state index contributed by atoms with van der Waals surface area (Å²) in [5, 5.41) is 18.2. The number of rotatable bonds is 3. The lowest BCUT2D eigenvalue weighted by Gasteiger charge is -2.17. The van der Waals surface area contributed by atoms with Crippen LogP contribution < -0.4 is 4.90 Å². The minimum Gasteiger partial charge on any atom is -0.480 e. The quantitative estimate of drug-likeness (QED) is 0.887. The van der Waals surface area contributed by atoms with Crippen LogP contribution in [-0.4, -0.2) is 23.5 Å². The molecule has 1 aromatic heterocycles. The maximum absolute atomic E-state index is 11.4. The lowest BCUT2D eigenvalue weighted by molar-refractivity contribution is -0.136. The molecule has 1 rings (SSSR count). The second-order valence-corrected chi connectivity index (χ2v) is 4.78. The van der Waals surface area contributed by atoms with E-state index in [0.29, 0.717) is 10.6 Å². The highest BCUT2D eigenvalue weighted by Gasteiger charge is 2.22. The van der Waals surface area contributed by atoms with Crippen LogP contribution in [0.1, 0.15) is 22.9 Å². The number of carboxylic acid groups (broad SMARTS) is 1. The Kier molecular flexibility index (Phi) is 3.86. The van der Waals surface area contributed by atoms with E-state index in [0.717, 1.165) is 15.3 Å². The molecule has 0 bridgehead atoms. The molecule has 0 aliphatic carbocycles. The van der Waals surface area contributed by atoms with Crippen LogP contribution in [0.3, 0.4) is 0 Å². The van der Waals surface area contributed by atoms with Gasteiger partial charge in [-0.2, -0.15) is 5.26 Å². The maximum Gasteiger partial charge on any atom is 0.323 e. The van der Waals surface area contributed by atoms with Gasteiger partial charge in [-0.1, -0.05) is 0 Å². The van der Waals surface area contributed by atoms with Gasteiger partial charge in [0.05, 0.1) is 5.56 Å². The number of aliphatic carboxylic acids is 1. The van der Waals surface area contributed by atoms with Gasteiger partial charge in [-0.05, 0) is 19.4 Å². The predicted octanol–water partition coefficient (Wildman–Crippen LogP) is 1.67. The van der Waals surface area contributed by atoms with Crippen LogP contribution in [0, 0.1) is 25.2 Å².